The van der Waals surface area contributed by atoms with Crippen LogP contribution in [0.2, 0.25) is 0 Å². The molecule has 1 N–H and O–H groups in total. The predicted molar refractivity (Wildman–Crippen MR) is 71.6 cm³/mol. The average Bonchev–Trinajstić information content (AvgIpc) is 2.76. The summed E-state index contributed by atoms with van der Waals surface area (Å²) in [5, 5.41) is 15.7. The summed E-state index contributed by atoms with van der Waals surface area (Å²) in [7, 11) is 1.61. The minimum atomic E-state index is -0.529. The van der Waals surface area contributed by atoms with Crippen LogP contribution in [-0.2, 0) is 17.7 Å². The fourth-order valence-electron chi connectivity index (χ4n) is 2.11. The van der Waals surface area contributed by atoms with Gasteiger partial charge in [0.15, 0.2) is 0 Å². The molecule has 1 aromatic heterocycles. The number of aromatic nitrogens is 2. The molecule has 0 bridgehead atoms. The van der Waals surface area contributed by atoms with Crippen molar-refractivity contribution >= 4 is 10.9 Å². The van der Waals surface area contributed by atoms with E-state index in [-0.39, 0.29) is 6.10 Å². The van der Waals surface area contributed by atoms with Crippen molar-refractivity contribution in [1.29, 1.82) is 0 Å². The Labute approximate surface area is 107 Å². The van der Waals surface area contributed by atoms with Crippen LogP contribution in [0.5, 0.6) is 0 Å². The van der Waals surface area contributed by atoms with Gasteiger partial charge in [-0.3, -0.25) is 4.68 Å². The maximum absolute atomic E-state index is 10.0. The lowest BCUT2D eigenvalue weighted by atomic mass is 10.1. The van der Waals surface area contributed by atoms with Crippen molar-refractivity contribution in [3.63, 3.8) is 0 Å². The molecule has 0 amide bonds. The van der Waals surface area contributed by atoms with E-state index in [0.29, 0.717) is 6.42 Å². The lowest BCUT2D eigenvalue weighted by Gasteiger charge is -2.16. The lowest BCUT2D eigenvalue weighted by molar-refractivity contribution is 0.0000403. The Morgan fingerprint density at radius 3 is 2.78 bits per heavy atom. The van der Waals surface area contributed by atoms with Gasteiger partial charge in [0.05, 0.1) is 23.4 Å². The molecule has 0 spiro atoms. The first kappa shape index (κ1) is 13.1. The third-order valence-corrected chi connectivity index (χ3v) is 3.35. The molecule has 2 unspecified atom stereocenters. The van der Waals surface area contributed by atoms with E-state index in [1.54, 1.807) is 7.11 Å². The van der Waals surface area contributed by atoms with Gasteiger partial charge >= 0.3 is 0 Å². The van der Waals surface area contributed by atoms with Crippen LogP contribution in [0.25, 0.3) is 10.9 Å². The zero-order valence-electron chi connectivity index (χ0n) is 11.1. The summed E-state index contributed by atoms with van der Waals surface area (Å²) in [6.07, 6.45) is -0.197. The highest BCUT2D eigenvalue weighted by molar-refractivity contribution is 5.82. The average molecular weight is 248 g/mol. The lowest BCUT2D eigenvalue weighted by Crippen LogP contribution is -2.27. The maximum atomic E-state index is 10.0. The smallest absolute Gasteiger partial charge is 0.0855 e. The zero-order valence-corrected chi connectivity index (χ0v) is 11.1. The van der Waals surface area contributed by atoms with Gasteiger partial charge in [0.25, 0.3) is 0 Å². The number of hydrogen-bond donors (Lipinski definition) is 1. The number of nitrogens with zero attached hydrogens (tertiary/aromatic N) is 2. The zero-order chi connectivity index (χ0) is 13.1. The van der Waals surface area contributed by atoms with Crippen molar-refractivity contribution in [2.45, 2.75) is 39.0 Å². The van der Waals surface area contributed by atoms with E-state index in [4.69, 9.17) is 4.74 Å². The van der Waals surface area contributed by atoms with Crippen LogP contribution in [0, 0.1) is 0 Å². The molecule has 2 aromatic rings. The van der Waals surface area contributed by atoms with Gasteiger partial charge in [0.1, 0.15) is 0 Å². The highest BCUT2D eigenvalue weighted by Crippen LogP contribution is 2.20. The van der Waals surface area contributed by atoms with Gasteiger partial charge in [-0.05, 0) is 19.9 Å². The molecule has 0 fully saturated rings. The monoisotopic (exact) mass is 248 g/mol. The van der Waals surface area contributed by atoms with Gasteiger partial charge in [-0.15, -0.1) is 0 Å². The van der Waals surface area contributed by atoms with E-state index in [9.17, 15) is 5.11 Å². The topological polar surface area (TPSA) is 47.3 Å². The van der Waals surface area contributed by atoms with Crippen molar-refractivity contribution in [2.75, 3.05) is 7.11 Å². The second kappa shape index (κ2) is 5.50. The van der Waals surface area contributed by atoms with Gasteiger partial charge in [-0.2, -0.15) is 5.10 Å². The van der Waals surface area contributed by atoms with Crippen LogP contribution in [0.15, 0.2) is 24.3 Å². The number of benzene rings is 1. The number of rotatable bonds is 5. The summed E-state index contributed by atoms with van der Waals surface area (Å²) in [5.41, 5.74) is 2.05. The first-order valence-electron chi connectivity index (χ1n) is 6.32. The van der Waals surface area contributed by atoms with Gasteiger partial charge in [0, 0.05) is 25.5 Å². The van der Waals surface area contributed by atoms with Crippen LogP contribution in [0.3, 0.4) is 0 Å². The molecule has 98 valence electrons. The number of aliphatic hydroxyl groups excluding tert-OH is 1. The van der Waals surface area contributed by atoms with Crippen LogP contribution >= 0.6 is 0 Å². The molecular weight excluding hydrogens is 228 g/mol. The molecule has 2 rings (SSSR count). The molecule has 0 saturated carbocycles. The molecule has 0 aliphatic rings. The first-order valence-corrected chi connectivity index (χ1v) is 6.32. The number of aliphatic hydroxyl groups is 1. The van der Waals surface area contributed by atoms with Crippen molar-refractivity contribution in [1.82, 2.24) is 9.78 Å². The van der Waals surface area contributed by atoms with Crippen molar-refractivity contribution < 1.29 is 9.84 Å². The van der Waals surface area contributed by atoms with Crippen molar-refractivity contribution in [2.24, 2.45) is 0 Å². The van der Waals surface area contributed by atoms with Crippen LogP contribution in [-0.4, -0.2) is 34.2 Å². The Bertz CT molecular complexity index is 521. The second-order valence-electron chi connectivity index (χ2n) is 4.49. The Balaban J connectivity index is 2.33. The Kier molecular flexibility index (Phi) is 3.99. The Morgan fingerprint density at radius 2 is 2.11 bits per heavy atom. The number of fused-ring (bicyclic) bond motifs is 1. The Hall–Kier alpha value is -1.39. The van der Waals surface area contributed by atoms with Crippen LogP contribution < -0.4 is 0 Å². The Morgan fingerprint density at radius 1 is 1.39 bits per heavy atom. The SMILES string of the molecule is CCn1nc(CC(O)C(C)OC)c2ccccc21. The number of ether oxygens (including phenoxy) is 1. The van der Waals surface area contributed by atoms with Gasteiger partial charge in [-0.25, -0.2) is 0 Å². The van der Waals surface area contributed by atoms with Gasteiger partial charge in [0.2, 0.25) is 0 Å². The van der Waals surface area contributed by atoms with Crippen molar-refractivity contribution in [3.05, 3.63) is 30.0 Å². The van der Waals surface area contributed by atoms with Crippen LogP contribution in [0.4, 0.5) is 0 Å². The molecule has 0 aliphatic carbocycles. The fourth-order valence-corrected chi connectivity index (χ4v) is 2.11. The molecule has 18 heavy (non-hydrogen) atoms. The molecule has 1 heterocycles. The molecule has 0 radical (unpaired) electrons. The van der Waals surface area contributed by atoms with E-state index in [0.717, 1.165) is 23.1 Å². The van der Waals surface area contributed by atoms with E-state index >= 15 is 0 Å². The molecule has 0 aliphatic heterocycles. The molecular formula is C14H20N2O2. The van der Waals surface area contributed by atoms with E-state index in [1.807, 2.05) is 29.8 Å². The number of aryl methyl sites for hydroxylation is 1. The third kappa shape index (κ3) is 2.40. The van der Waals surface area contributed by atoms with Gasteiger partial charge < -0.3 is 9.84 Å². The fraction of sp³-hybridized carbons (Fsp3) is 0.500. The number of hydrogen-bond acceptors (Lipinski definition) is 3. The first-order chi connectivity index (χ1) is 8.67. The van der Waals surface area contributed by atoms with E-state index in [2.05, 4.69) is 18.1 Å². The largest absolute Gasteiger partial charge is 0.390 e. The third-order valence-electron chi connectivity index (χ3n) is 3.35. The molecule has 0 saturated heterocycles. The molecule has 1 aromatic carbocycles. The maximum Gasteiger partial charge on any atom is 0.0855 e. The minimum absolute atomic E-state index is 0.185. The normalized spacial score (nSPS) is 14.9. The van der Waals surface area contributed by atoms with Gasteiger partial charge in [-0.1, -0.05) is 18.2 Å². The van der Waals surface area contributed by atoms with E-state index < -0.39 is 6.10 Å². The summed E-state index contributed by atoms with van der Waals surface area (Å²) in [5.74, 6) is 0. The second-order valence-corrected chi connectivity index (χ2v) is 4.49. The summed E-state index contributed by atoms with van der Waals surface area (Å²) >= 11 is 0. The highest BCUT2D eigenvalue weighted by Gasteiger charge is 2.18. The molecule has 2 atom stereocenters. The number of para-hydroxylation sites is 1. The summed E-state index contributed by atoms with van der Waals surface area (Å²) in [4.78, 5) is 0. The molecule has 4 heteroatoms. The van der Waals surface area contributed by atoms with E-state index in [1.165, 1.54) is 0 Å². The summed E-state index contributed by atoms with van der Waals surface area (Å²) in [6, 6.07) is 8.11. The highest BCUT2D eigenvalue weighted by atomic mass is 16.5. The quantitative estimate of drug-likeness (QED) is 0.880. The minimum Gasteiger partial charge on any atom is -0.390 e. The summed E-state index contributed by atoms with van der Waals surface area (Å²) in [6.45, 7) is 4.76. The molecule has 4 nitrogen and oxygen atoms in total. The van der Waals surface area contributed by atoms with Crippen molar-refractivity contribution in [3.8, 4) is 0 Å². The number of methoxy groups -OCH3 is 1. The predicted octanol–water partition coefficient (Wildman–Crippen LogP) is 1.99. The standard InChI is InChI=1S/C14H20N2O2/c1-4-16-13-8-6-5-7-11(13)12(15-16)9-14(17)10(2)18-3/h5-8,10,14,17H,4,9H2,1-3H3. The summed E-state index contributed by atoms with van der Waals surface area (Å²) < 4.78 is 7.11. The van der Waals surface area contributed by atoms with Crippen LogP contribution in [0.1, 0.15) is 19.5 Å².